The summed E-state index contributed by atoms with van der Waals surface area (Å²) >= 11 is 0. The molecule has 4 nitrogen and oxygen atoms in total. The lowest BCUT2D eigenvalue weighted by Gasteiger charge is -2.32. The van der Waals surface area contributed by atoms with Crippen LogP contribution in [0.3, 0.4) is 0 Å². The van der Waals surface area contributed by atoms with Crippen LogP contribution < -0.4 is 0 Å². The lowest BCUT2D eigenvalue weighted by molar-refractivity contribution is 0.106. The summed E-state index contributed by atoms with van der Waals surface area (Å²) in [4.78, 5) is 12.2. The zero-order chi connectivity index (χ0) is 9.42. The van der Waals surface area contributed by atoms with E-state index in [4.69, 9.17) is 5.11 Å². The van der Waals surface area contributed by atoms with Gasteiger partial charge in [-0.05, 0) is 31.1 Å². The molecule has 0 radical (unpaired) electrons. The van der Waals surface area contributed by atoms with Crippen LogP contribution in [0.1, 0.15) is 19.3 Å². The normalized spacial score (nSPS) is 38.8. The number of piperidine rings is 1. The van der Waals surface area contributed by atoms with Crippen molar-refractivity contribution in [1.82, 2.24) is 4.90 Å². The minimum absolute atomic E-state index is 0.191. The Hall–Kier alpha value is -0.770. The number of aliphatic hydroxyl groups is 1. The maximum absolute atomic E-state index is 10.7. The predicted molar refractivity (Wildman–Crippen MR) is 46.4 cm³/mol. The molecule has 74 valence electrons. The molecule has 0 aromatic heterocycles. The average molecular weight is 185 g/mol. The molecule has 1 amide bonds. The molecular weight excluding hydrogens is 170 g/mol. The number of likely N-dealkylation sites (tertiary alicyclic amines) is 1. The highest BCUT2D eigenvalue weighted by molar-refractivity contribution is 5.65. The van der Waals surface area contributed by atoms with E-state index < -0.39 is 6.09 Å². The summed E-state index contributed by atoms with van der Waals surface area (Å²) in [7, 11) is 0. The summed E-state index contributed by atoms with van der Waals surface area (Å²) < 4.78 is 0. The molecule has 2 N–H and O–H groups in total. The van der Waals surface area contributed by atoms with E-state index in [1.807, 2.05) is 0 Å². The summed E-state index contributed by atoms with van der Waals surface area (Å²) in [6.45, 7) is 1.26. The Kier molecular flexibility index (Phi) is 2.15. The van der Waals surface area contributed by atoms with Gasteiger partial charge in [0, 0.05) is 13.1 Å². The Morgan fingerprint density at radius 3 is 2.69 bits per heavy atom. The first-order chi connectivity index (χ1) is 6.16. The summed E-state index contributed by atoms with van der Waals surface area (Å²) in [5.74, 6) is 0.963. The summed E-state index contributed by atoms with van der Waals surface area (Å²) in [5.41, 5.74) is 0. The molecule has 13 heavy (non-hydrogen) atoms. The van der Waals surface area contributed by atoms with Crippen molar-refractivity contribution in [3.05, 3.63) is 0 Å². The molecule has 0 bridgehead atoms. The highest BCUT2D eigenvalue weighted by atomic mass is 16.4. The molecule has 3 unspecified atom stereocenters. The fraction of sp³-hybridized carbons (Fsp3) is 0.889. The van der Waals surface area contributed by atoms with E-state index in [-0.39, 0.29) is 6.10 Å². The van der Waals surface area contributed by atoms with Crippen molar-refractivity contribution in [2.45, 2.75) is 25.4 Å². The third kappa shape index (κ3) is 1.63. The van der Waals surface area contributed by atoms with Gasteiger partial charge in [0.05, 0.1) is 6.10 Å². The van der Waals surface area contributed by atoms with E-state index in [0.717, 1.165) is 19.3 Å². The fourth-order valence-electron chi connectivity index (χ4n) is 2.63. The minimum Gasteiger partial charge on any atom is -0.465 e. The third-order valence-corrected chi connectivity index (χ3v) is 3.31. The second-order valence-electron chi connectivity index (χ2n) is 4.16. The monoisotopic (exact) mass is 185 g/mol. The first-order valence-corrected chi connectivity index (χ1v) is 4.82. The molecule has 0 aromatic rings. The van der Waals surface area contributed by atoms with Gasteiger partial charge in [0.2, 0.25) is 0 Å². The lowest BCUT2D eigenvalue weighted by Crippen LogP contribution is -2.41. The van der Waals surface area contributed by atoms with Crippen LogP contribution >= 0.6 is 0 Å². The molecule has 4 heteroatoms. The number of hydrogen-bond acceptors (Lipinski definition) is 2. The molecule has 3 atom stereocenters. The maximum Gasteiger partial charge on any atom is 0.407 e. The Morgan fingerprint density at radius 2 is 2.00 bits per heavy atom. The van der Waals surface area contributed by atoms with Crippen molar-refractivity contribution in [3.63, 3.8) is 0 Å². The van der Waals surface area contributed by atoms with Crippen molar-refractivity contribution < 1.29 is 15.0 Å². The molecule has 1 saturated carbocycles. The largest absolute Gasteiger partial charge is 0.465 e. The zero-order valence-electron chi connectivity index (χ0n) is 7.52. The van der Waals surface area contributed by atoms with Crippen LogP contribution in [0.15, 0.2) is 0 Å². The van der Waals surface area contributed by atoms with Gasteiger partial charge in [-0.3, -0.25) is 0 Å². The van der Waals surface area contributed by atoms with E-state index >= 15 is 0 Å². The highest BCUT2D eigenvalue weighted by Crippen LogP contribution is 2.37. The van der Waals surface area contributed by atoms with E-state index in [1.165, 1.54) is 4.90 Å². The first kappa shape index (κ1) is 8.81. The Balaban J connectivity index is 1.97. The van der Waals surface area contributed by atoms with Gasteiger partial charge in [0.25, 0.3) is 0 Å². The van der Waals surface area contributed by atoms with Crippen LogP contribution in [-0.4, -0.2) is 40.4 Å². The maximum atomic E-state index is 10.7. The van der Waals surface area contributed by atoms with Crippen molar-refractivity contribution in [2.24, 2.45) is 11.8 Å². The van der Waals surface area contributed by atoms with Crippen LogP contribution in [-0.2, 0) is 0 Å². The topological polar surface area (TPSA) is 60.8 Å². The van der Waals surface area contributed by atoms with Crippen LogP contribution in [0, 0.1) is 11.8 Å². The van der Waals surface area contributed by atoms with Crippen molar-refractivity contribution in [2.75, 3.05) is 13.1 Å². The summed E-state index contributed by atoms with van der Waals surface area (Å²) in [5, 5.41) is 18.2. The van der Waals surface area contributed by atoms with Gasteiger partial charge in [0.15, 0.2) is 0 Å². The van der Waals surface area contributed by atoms with Gasteiger partial charge >= 0.3 is 6.09 Å². The van der Waals surface area contributed by atoms with Gasteiger partial charge < -0.3 is 15.1 Å². The van der Waals surface area contributed by atoms with Crippen LogP contribution in [0.4, 0.5) is 4.79 Å². The van der Waals surface area contributed by atoms with E-state index in [2.05, 4.69) is 0 Å². The van der Waals surface area contributed by atoms with E-state index in [1.54, 1.807) is 0 Å². The zero-order valence-corrected chi connectivity index (χ0v) is 7.52. The molecule has 1 aliphatic heterocycles. The molecule has 1 aliphatic carbocycles. The standard InChI is InChI=1S/C9H15NO3/c11-8-3-6-1-2-10(9(12)13)5-7(6)4-8/h6-8,11H,1-5H2,(H,12,13). The molecular formula is C9H15NO3. The third-order valence-electron chi connectivity index (χ3n) is 3.31. The quantitative estimate of drug-likeness (QED) is 0.585. The van der Waals surface area contributed by atoms with Crippen LogP contribution in [0.2, 0.25) is 0 Å². The number of amides is 1. The van der Waals surface area contributed by atoms with Gasteiger partial charge in [-0.25, -0.2) is 4.79 Å². The fourth-order valence-corrected chi connectivity index (χ4v) is 2.63. The van der Waals surface area contributed by atoms with E-state index in [9.17, 15) is 9.90 Å². The Labute approximate surface area is 77.2 Å². The smallest absolute Gasteiger partial charge is 0.407 e. The molecule has 2 aliphatic rings. The molecule has 0 aromatic carbocycles. The molecule has 2 fully saturated rings. The van der Waals surface area contributed by atoms with Gasteiger partial charge in [-0.1, -0.05) is 0 Å². The van der Waals surface area contributed by atoms with Crippen molar-refractivity contribution in [3.8, 4) is 0 Å². The first-order valence-electron chi connectivity index (χ1n) is 4.82. The number of carboxylic acid groups (broad SMARTS) is 1. The van der Waals surface area contributed by atoms with Crippen molar-refractivity contribution >= 4 is 6.09 Å². The molecule has 2 rings (SSSR count). The Bertz CT molecular complexity index is 219. The van der Waals surface area contributed by atoms with Crippen LogP contribution in [0.25, 0.3) is 0 Å². The second-order valence-corrected chi connectivity index (χ2v) is 4.16. The summed E-state index contributed by atoms with van der Waals surface area (Å²) in [6, 6.07) is 0. The second kappa shape index (κ2) is 3.18. The number of hydrogen-bond donors (Lipinski definition) is 2. The minimum atomic E-state index is -0.820. The van der Waals surface area contributed by atoms with Gasteiger partial charge in [0.1, 0.15) is 0 Å². The number of aliphatic hydroxyl groups excluding tert-OH is 1. The molecule has 0 spiro atoms. The van der Waals surface area contributed by atoms with Gasteiger partial charge in [-0.2, -0.15) is 0 Å². The van der Waals surface area contributed by atoms with Crippen LogP contribution in [0.5, 0.6) is 0 Å². The molecule has 1 heterocycles. The predicted octanol–water partition coefficient (Wildman–Crippen LogP) is 0.757. The Morgan fingerprint density at radius 1 is 1.31 bits per heavy atom. The highest BCUT2D eigenvalue weighted by Gasteiger charge is 2.38. The summed E-state index contributed by atoms with van der Waals surface area (Å²) in [6.07, 6.45) is 1.57. The SMILES string of the molecule is O=C(O)N1CCC2CC(O)CC2C1. The molecule has 1 saturated heterocycles. The van der Waals surface area contributed by atoms with Gasteiger partial charge in [-0.15, -0.1) is 0 Å². The number of rotatable bonds is 0. The number of carbonyl (C=O) groups is 1. The average Bonchev–Trinajstić information content (AvgIpc) is 2.42. The number of nitrogens with zero attached hydrogens (tertiary/aromatic N) is 1. The lowest BCUT2D eigenvalue weighted by atomic mass is 9.89. The van der Waals surface area contributed by atoms with Crippen molar-refractivity contribution in [1.29, 1.82) is 0 Å². The number of fused-ring (bicyclic) bond motifs is 1. The van der Waals surface area contributed by atoms with E-state index in [0.29, 0.717) is 24.9 Å².